The van der Waals surface area contributed by atoms with Crippen molar-refractivity contribution in [3.8, 4) is 5.75 Å². The third-order valence-electron chi connectivity index (χ3n) is 6.12. The minimum Gasteiger partial charge on any atom is -0.427 e. The zero-order valence-electron chi connectivity index (χ0n) is 26.5. The first-order valence-electron chi connectivity index (χ1n) is 14.1. The maximum Gasteiger partial charge on any atom is 0.525 e. The zero-order chi connectivity index (χ0) is 42.3. The summed E-state index contributed by atoms with van der Waals surface area (Å²) in [4.78, 5) is 47.0. The molecule has 0 saturated heterocycles. The minimum atomic E-state index is -5.71. The highest BCUT2D eigenvalue weighted by molar-refractivity contribution is 6.35. The summed E-state index contributed by atoms with van der Waals surface area (Å²) in [5.74, 6) is -11.3. The molecule has 4 aromatic carbocycles. The Bertz CT molecular complexity index is 2120. The van der Waals surface area contributed by atoms with Crippen LogP contribution in [-0.2, 0) is 4.74 Å². The number of hydrogen-bond acceptors (Lipinski definition) is 6. The van der Waals surface area contributed by atoms with Gasteiger partial charge < -0.3 is 15.4 Å². The Morgan fingerprint density at radius 1 is 0.625 bits per heavy atom. The number of alkyl halides is 6. The van der Waals surface area contributed by atoms with Gasteiger partial charge in [0.15, 0.2) is 11.6 Å². The Morgan fingerprint density at radius 2 is 1.09 bits per heavy atom. The van der Waals surface area contributed by atoms with E-state index >= 15 is 0 Å². The van der Waals surface area contributed by atoms with E-state index in [-0.39, 0.29) is 5.69 Å². The first-order valence-corrected chi connectivity index (χ1v) is 15.3. The van der Waals surface area contributed by atoms with Crippen LogP contribution in [-0.4, -0.2) is 42.7 Å². The minimum absolute atomic E-state index is 0.270. The van der Waals surface area contributed by atoms with Crippen LogP contribution in [0.3, 0.4) is 0 Å². The molecule has 0 fully saturated rings. The second-order valence-electron chi connectivity index (χ2n) is 10.0. The highest BCUT2D eigenvalue weighted by Gasteiger charge is 2.51. The number of urea groups is 2. The molecule has 1 unspecified atom stereocenters. The number of carbonyl (C=O) groups is 4. The van der Waals surface area contributed by atoms with Gasteiger partial charge in [0.05, 0.1) is 15.7 Å². The average Bonchev–Trinajstić information content (AvgIpc) is 3.06. The van der Waals surface area contributed by atoms with Gasteiger partial charge >= 0.3 is 30.9 Å². The lowest BCUT2D eigenvalue weighted by Crippen LogP contribution is -2.41. The summed E-state index contributed by atoms with van der Waals surface area (Å²) in [7, 11) is 0. The van der Waals surface area contributed by atoms with Crippen LogP contribution in [0.5, 0.6) is 5.75 Å². The van der Waals surface area contributed by atoms with Gasteiger partial charge in [0.1, 0.15) is 45.2 Å². The molecule has 4 rings (SSSR count). The Kier molecular flexibility index (Phi) is 14.8. The molecule has 0 bridgehead atoms. The number of anilines is 2. The third-order valence-corrected chi connectivity index (χ3v) is 7.02. The molecule has 1 atom stereocenters. The molecule has 4 aromatic rings. The molecule has 300 valence electrons. The molecule has 0 aliphatic heterocycles. The van der Waals surface area contributed by atoms with Gasteiger partial charge in [-0.2, -0.15) is 8.78 Å². The number of nitrogens with one attached hydrogen (secondary N) is 4. The summed E-state index contributed by atoms with van der Waals surface area (Å²) in [6, 6.07) is 5.46. The third kappa shape index (κ3) is 12.0. The molecule has 0 saturated carbocycles. The summed E-state index contributed by atoms with van der Waals surface area (Å²) in [5, 5.41) is 4.74. The van der Waals surface area contributed by atoms with Crippen molar-refractivity contribution in [3.63, 3.8) is 0 Å². The van der Waals surface area contributed by atoms with E-state index in [2.05, 4.69) is 9.47 Å². The lowest BCUT2D eigenvalue weighted by atomic mass is 10.2. The lowest BCUT2D eigenvalue weighted by Gasteiger charge is -2.22. The van der Waals surface area contributed by atoms with E-state index in [1.54, 1.807) is 10.6 Å². The van der Waals surface area contributed by atoms with Crippen molar-refractivity contribution in [1.82, 2.24) is 10.6 Å². The van der Waals surface area contributed by atoms with Crippen molar-refractivity contribution in [2.45, 2.75) is 18.8 Å². The van der Waals surface area contributed by atoms with Crippen molar-refractivity contribution >= 4 is 70.1 Å². The second-order valence-corrected chi connectivity index (χ2v) is 11.2. The number of hydrogen-bond donors (Lipinski definition) is 4. The number of ether oxygens (including phenoxy) is 2. The molecule has 56 heavy (non-hydrogen) atoms. The van der Waals surface area contributed by atoms with Crippen LogP contribution in [0.2, 0.25) is 15.1 Å². The van der Waals surface area contributed by atoms with E-state index in [1.165, 1.54) is 0 Å². The van der Waals surface area contributed by atoms with Crippen LogP contribution in [0.4, 0.5) is 73.6 Å². The highest BCUT2D eigenvalue weighted by Crippen LogP contribution is 2.36. The van der Waals surface area contributed by atoms with Gasteiger partial charge in [-0.3, -0.25) is 20.2 Å². The van der Waals surface area contributed by atoms with Gasteiger partial charge in [-0.25, -0.2) is 45.1 Å². The van der Waals surface area contributed by atoms with Gasteiger partial charge in [0, 0.05) is 5.69 Å². The predicted octanol–water partition coefficient (Wildman–Crippen LogP) is 9.90. The summed E-state index contributed by atoms with van der Waals surface area (Å²) >= 11 is 16.4. The van der Waals surface area contributed by atoms with E-state index in [4.69, 9.17) is 34.8 Å². The predicted molar refractivity (Wildman–Crippen MR) is 171 cm³/mol. The topological polar surface area (TPSA) is 135 Å². The van der Waals surface area contributed by atoms with Crippen LogP contribution < -0.4 is 26.0 Å². The molecule has 10 nitrogen and oxygen atoms in total. The van der Waals surface area contributed by atoms with Crippen LogP contribution in [0, 0.1) is 34.9 Å². The maximum atomic E-state index is 13.7. The summed E-state index contributed by atoms with van der Waals surface area (Å²) < 4.78 is 163. The molecule has 0 aromatic heterocycles. The van der Waals surface area contributed by atoms with E-state index in [1.807, 2.05) is 10.6 Å². The van der Waals surface area contributed by atoms with Crippen molar-refractivity contribution in [2.24, 2.45) is 0 Å². The summed E-state index contributed by atoms with van der Waals surface area (Å²) in [5.41, 5.74) is -2.95. The number of carbonyl (C=O) groups excluding carboxylic acids is 4. The molecule has 25 heteroatoms. The molecule has 4 N–H and O–H groups in total. The van der Waals surface area contributed by atoms with E-state index in [9.17, 15) is 71.9 Å². The van der Waals surface area contributed by atoms with Crippen molar-refractivity contribution < 1.29 is 81.3 Å². The quantitative estimate of drug-likeness (QED) is 0.0792. The normalized spacial score (nSPS) is 11.8. The van der Waals surface area contributed by atoms with E-state index in [0.29, 0.717) is 12.1 Å². The lowest BCUT2D eigenvalue weighted by molar-refractivity contribution is -0.411. The zero-order valence-corrected chi connectivity index (χ0v) is 28.7. The van der Waals surface area contributed by atoms with Gasteiger partial charge in [0.25, 0.3) is 11.8 Å². The molecule has 0 spiro atoms. The van der Waals surface area contributed by atoms with Crippen molar-refractivity contribution in [1.29, 1.82) is 0 Å². The fourth-order valence-electron chi connectivity index (χ4n) is 3.78. The molecule has 0 aliphatic rings. The number of halogens is 15. The smallest absolute Gasteiger partial charge is 0.427 e. The van der Waals surface area contributed by atoms with Crippen molar-refractivity contribution in [3.05, 3.63) is 122 Å². The molecule has 0 heterocycles. The highest BCUT2D eigenvalue weighted by atomic mass is 35.5. The Morgan fingerprint density at radius 3 is 1.54 bits per heavy atom. The largest absolute Gasteiger partial charge is 0.525 e. The van der Waals surface area contributed by atoms with Crippen LogP contribution in [0.1, 0.15) is 20.7 Å². The van der Waals surface area contributed by atoms with Gasteiger partial charge in [-0.15, -0.1) is 13.2 Å². The average molecular weight is 874 g/mol. The number of rotatable bonds is 8. The summed E-state index contributed by atoms with van der Waals surface area (Å²) in [6.07, 6.45) is -15.0. The maximum absolute atomic E-state index is 13.7. The fourth-order valence-corrected chi connectivity index (χ4v) is 4.46. The first-order chi connectivity index (χ1) is 25.9. The van der Waals surface area contributed by atoms with Crippen LogP contribution in [0.25, 0.3) is 0 Å². The second kappa shape index (κ2) is 18.5. The first kappa shape index (κ1) is 44.9. The number of benzene rings is 4. The fraction of sp³-hybridized carbons (Fsp3) is 0.0968. The van der Waals surface area contributed by atoms with Crippen molar-refractivity contribution in [2.75, 3.05) is 10.6 Å². The Balaban J connectivity index is 0.000000313. The van der Waals surface area contributed by atoms with Crippen LogP contribution in [0.15, 0.2) is 60.7 Å². The van der Waals surface area contributed by atoms with E-state index < -0.39 is 115 Å². The summed E-state index contributed by atoms with van der Waals surface area (Å²) in [6.45, 7) is 0. The Hall–Kier alpha value is -5.45. The standard InChI is InChI=1S/C17H9ClF8N2O4.C14H6Cl2F4N2O2/c18-8-6-7(4-5-11(8)31-16(22,23)14(21)32-17(24,25)26)27-15(30)28-13(29)12-9(19)2-1-3-10(12)20;15-5-4-8(12(20)10(16)11(5)19)21-14(24)22-13(23)9-6(17)2-1-3-7(9)18/h1-6,14H,(H2,27,28,29,30);1-4H,(H2,21,22,23,24). The van der Waals surface area contributed by atoms with Gasteiger partial charge in [-0.05, 0) is 48.5 Å². The molecule has 0 radical (unpaired) electrons. The molecular weight excluding hydrogens is 859 g/mol. The van der Waals surface area contributed by atoms with Gasteiger partial charge in [-0.1, -0.05) is 46.9 Å². The number of amides is 6. The SMILES string of the molecule is O=C(NC(=O)c1c(F)cccc1F)Nc1cc(Cl)c(F)c(Cl)c1F.O=C(NC(=O)c1c(F)cccc1F)Nc1ccc(OC(F)(F)C(F)OC(F)(F)F)c(Cl)c1. The number of imide groups is 2. The molecule has 6 amide bonds. The van der Waals surface area contributed by atoms with Crippen LogP contribution >= 0.6 is 34.8 Å². The van der Waals surface area contributed by atoms with E-state index in [0.717, 1.165) is 48.5 Å². The monoisotopic (exact) mass is 872 g/mol. The molecular formula is C31H15Cl3F12N4O6. The Labute approximate surface area is 318 Å². The molecule has 0 aliphatic carbocycles. The van der Waals surface area contributed by atoms with Gasteiger partial charge in [0.2, 0.25) is 0 Å².